The molecular weight excluding hydrogens is 204 g/mol. The van der Waals surface area contributed by atoms with E-state index >= 15 is 0 Å². The Morgan fingerprint density at radius 1 is 1.38 bits per heavy atom. The summed E-state index contributed by atoms with van der Waals surface area (Å²) in [6, 6.07) is 10.1. The standard InChI is InChI=1S/C13H14O3/c1-2-13(14)15-9-12-11(16-12)8-10-6-4-3-5-7-10/h2-7,11-12H,1,8-9H2. The Morgan fingerprint density at radius 2 is 2.12 bits per heavy atom. The fourth-order valence-corrected chi connectivity index (χ4v) is 1.57. The van der Waals surface area contributed by atoms with Crippen molar-refractivity contribution in [3.63, 3.8) is 0 Å². The van der Waals surface area contributed by atoms with Crippen LogP contribution in [-0.4, -0.2) is 24.8 Å². The van der Waals surface area contributed by atoms with Gasteiger partial charge in [-0.2, -0.15) is 0 Å². The van der Waals surface area contributed by atoms with Crippen LogP contribution in [0, 0.1) is 0 Å². The number of epoxide rings is 1. The van der Waals surface area contributed by atoms with Crippen molar-refractivity contribution < 1.29 is 14.3 Å². The summed E-state index contributed by atoms with van der Waals surface area (Å²) in [5.74, 6) is -0.394. The highest BCUT2D eigenvalue weighted by atomic mass is 16.6. The van der Waals surface area contributed by atoms with Gasteiger partial charge in [-0.25, -0.2) is 4.79 Å². The maximum atomic E-state index is 10.8. The Kier molecular flexibility index (Phi) is 3.37. The zero-order valence-corrected chi connectivity index (χ0v) is 8.96. The van der Waals surface area contributed by atoms with Crippen LogP contribution >= 0.6 is 0 Å². The van der Waals surface area contributed by atoms with Gasteiger partial charge in [0.15, 0.2) is 0 Å². The Morgan fingerprint density at radius 3 is 2.81 bits per heavy atom. The molecule has 2 rings (SSSR count). The van der Waals surface area contributed by atoms with E-state index in [1.165, 1.54) is 5.56 Å². The molecule has 16 heavy (non-hydrogen) atoms. The first-order valence-electron chi connectivity index (χ1n) is 5.28. The average Bonchev–Trinajstić information content (AvgIpc) is 3.06. The minimum Gasteiger partial charge on any atom is -0.460 e. The topological polar surface area (TPSA) is 38.8 Å². The normalized spacial score (nSPS) is 22.5. The van der Waals surface area contributed by atoms with Crippen molar-refractivity contribution in [2.24, 2.45) is 0 Å². The highest BCUT2D eigenvalue weighted by molar-refractivity contribution is 5.81. The number of carbonyl (C=O) groups is 1. The maximum absolute atomic E-state index is 10.8. The van der Waals surface area contributed by atoms with Gasteiger partial charge in [0.1, 0.15) is 12.7 Å². The summed E-state index contributed by atoms with van der Waals surface area (Å²) >= 11 is 0. The second-order valence-corrected chi connectivity index (χ2v) is 3.74. The highest BCUT2D eigenvalue weighted by Crippen LogP contribution is 2.26. The number of hydrogen-bond acceptors (Lipinski definition) is 3. The molecule has 0 bridgehead atoms. The molecule has 0 N–H and O–H groups in total. The number of carbonyl (C=O) groups excluding carboxylic acids is 1. The molecule has 0 amide bonds. The van der Waals surface area contributed by atoms with Crippen LogP contribution in [0.25, 0.3) is 0 Å². The van der Waals surface area contributed by atoms with Gasteiger partial charge < -0.3 is 9.47 Å². The fourth-order valence-electron chi connectivity index (χ4n) is 1.57. The number of ether oxygens (including phenoxy) is 2. The van der Waals surface area contributed by atoms with Gasteiger partial charge in [-0.1, -0.05) is 36.9 Å². The van der Waals surface area contributed by atoms with Gasteiger partial charge in [-0.15, -0.1) is 0 Å². The Balaban J connectivity index is 1.72. The lowest BCUT2D eigenvalue weighted by molar-refractivity contribution is -0.138. The van der Waals surface area contributed by atoms with Gasteiger partial charge in [-0.3, -0.25) is 0 Å². The Labute approximate surface area is 94.7 Å². The van der Waals surface area contributed by atoms with E-state index in [0.717, 1.165) is 12.5 Å². The molecule has 1 aliphatic heterocycles. The van der Waals surface area contributed by atoms with Crippen LogP contribution in [0.3, 0.4) is 0 Å². The molecule has 84 valence electrons. The van der Waals surface area contributed by atoms with Gasteiger partial charge in [0.05, 0.1) is 6.10 Å². The van der Waals surface area contributed by atoms with E-state index < -0.39 is 5.97 Å². The quantitative estimate of drug-likeness (QED) is 0.429. The summed E-state index contributed by atoms with van der Waals surface area (Å²) in [4.78, 5) is 10.8. The second kappa shape index (κ2) is 4.94. The molecule has 1 fully saturated rings. The van der Waals surface area contributed by atoms with Crippen LogP contribution < -0.4 is 0 Å². The molecule has 1 heterocycles. The zero-order valence-electron chi connectivity index (χ0n) is 8.96. The summed E-state index contributed by atoms with van der Waals surface area (Å²) in [5, 5.41) is 0. The zero-order chi connectivity index (χ0) is 11.4. The first-order chi connectivity index (χ1) is 7.79. The molecule has 0 saturated carbocycles. The first-order valence-corrected chi connectivity index (χ1v) is 5.28. The molecule has 1 aromatic rings. The van der Waals surface area contributed by atoms with Crippen LogP contribution in [-0.2, 0) is 20.7 Å². The average molecular weight is 218 g/mol. The molecular formula is C13H14O3. The van der Waals surface area contributed by atoms with E-state index in [1.54, 1.807) is 0 Å². The van der Waals surface area contributed by atoms with E-state index in [4.69, 9.17) is 9.47 Å². The number of esters is 1. The monoisotopic (exact) mass is 218 g/mol. The lowest BCUT2D eigenvalue weighted by Crippen LogP contribution is -2.10. The predicted octanol–water partition coefficient (Wildman–Crippen LogP) is 1.73. The Bertz CT molecular complexity index is 372. The van der Waals surface area contributed by atoms with Crippen molar-refractivity contribution in [2.75, 3.05) is 6.61 Å². The van der Waals surface area contributed by atoms with Crippen molar-refractivity contribution >= 4 is 5.97 Å². The van der Waals surface area contributed by atoms with Crippen molar-refractivity contribution in [3.8, 4) is 0 Å². The van der Waals surface area contributed by atoms with Crippen molar-refractivity contribution in [1.29, 1.82) is 0 Å². The van der Waals surface area contributed by atoms with Crippen molar-refractivity contribution in [3.05, 3.63) is 48.6 Å². The van der Waals surface area contributed by atoms with E-state index in [2.05, 4.69) is 18.7 Å². The fraction of sp³-hybridized carbons (Fsp3) is 0.308. The maximum Gasteiger partial charge on any atom is 0.330 e. The smallest absolute Gasteiger partial charge is 0.330 e. The molecule has 0 spiro atoms. The molecule has 0 radical (unpaired) electrons. The lowest BCUT2D eigenvalue weighted by Gasteiger charge is -1.98. The van der Waals surface area contributed by atoms with Crippen LogP contribution in [0.4, 0.5) is 0 Å². The van der Waals surface area contributed by atoms with Crippen molar-refractivity contribution in [2.45, 2.75) is 18.6 Å². The number of rotatable bonds is 5. The molecule has 0 aromatic heterocycles. The molecule has 1 aliphatic rings. The van der Waals surface area contributed by atoms with Gasteiger partial charge in [0.25, 0.3) is 0 Å². The highest BCUT2D eigenvalue weighted by Gasteiger charge is 2.39. The lowest BCUT2D eigenvalue weighted by atomic mass is 10.1. The largest absolute Gasteiger partial charge is 0.460 e. The minimum absolute atomic E-state index is 0.0455. The molecule has 1 saturated heterocycles. The molecule has 3 nitrogen and oxygen atoms in total. The van der Waals surface area contributed by atoms with Crippen LogP contribution in [0.1, 0.15) is 5.56 Å². The second-order valence-electron chi connectivity index (χ2n) is 3.74. The third-order valence-corrected chi connectivity index (χ3v) is 2.52. The van der Waals surface area contributed by atoms with Gasteiger partial charge in [-0.05, 0) is 5.56 Å². The van der Waals surface area contributed by atoms with Gasteiger partial charge in [0, 0.05) is 12.5 Å². The van der Waals surface area contributed by atoms with Crippen LogP contribution in [0.15, 0.2) is 43.0 Å². The van der Waals surface area contributed by atoms with E-state index in [1.807, 2.05) is 18.2 Å². The third kappa shape index (κ3) is 2.94. The summed E-state index contributed by atoms with van der Waals surface area (Å²) in [6.45, 7) is 3.65. The molecule has 0 aliphatic carbocycles. The van der Waals surface area contributed by atoms with E-state index in [0.29, 0.717) is 6.61 Å². The van der Waals surface area contributed by atoms with Crippen LogP contribution in [0.5, 0.6) is 0 Å². The summed E-state index contributed by atoms with van der Waals surface area (Å²) < 4.78 is 10.3. The molecule has 2 atom stereocenters. The summed E-state index contributed by atoms with van der Waals surface area (Å²) in [7, 11) is 0. The molecule has 2 unspecified atom stereocenters. The number of hydrogen-bond donors (Lipinski definition) is 0. The summed E-state index contributed by atoms with van der Waals surface area (Å²) in [5.41, 5.74) is 1.24. The Hall–Kier alpha value is -1.61. The molecule has 1 aromatic carbocycles. The summed E-state index contributed by atoms with van der Waals surface area (Å²) in [6.07, 6.45) is 2.26. The third-order valence-electron chi connectivity index (χ3n) is 2.52. The van der Waals surface area contributed by atoms with Crippen molar-refractivity contribution in [1.82, 2.24) is 0 Å². The van der Waals surface area contributed by atoms with Crippen LogP contribution in [0.2, 0.25) is 0 Å². The molecule has 3 heteroatoms. The van der Waals surface area contributed by atoms with E-state index in [-0.39, 0.29) is 12.2 Å². The predicted molar refractivity (Wildman–Crippen MR) is 60.0 cm³/mol. The van der Waals surface area contributed by atoms with E-state index in [9.17, 15) is 4.79 Å². The minimum atomic E-state index is -0.394. The van der Waals surface area contributed by atoms with Gasteiger partial charge in [0.2, 0.25) is 0 Å². The SMILES string of the molecule is C=CC(=O)OCC1OC1Cc1ccccc1. The number of benzene rings is 1. The first kappa shape index (κ1) is 10.9. The van der Waals surface area contributed by atoms with Gasteiger partial charge >= 0.3 is 5.97 Å².